The second kappa shape index (κ2) is 5.30. The molecule has 0 aliphatic heterocycles. The lowest BCUT2D eigenvalue weighted by atomic mass is 9.98. The molecule has 0 spiro atoms. The lowest BCUT2D eigenvalue weighted by Gasteiger charge is -2.20. The molecule has 0 saturated heterocycles. The fourth-order valence-electron chi connectivity index (χ4n) is 1.82. The lowest BCUT2D eigenvalue weighted by molar-refractivity contribution is 0.0228. The van der Waals surface area contributed by atoms with Gasteiger partial charge in [-0.1, -0.05) is 11.6 Å². The number of benzene rings is 1. The normalized spacial score (nSPS) is 14.6. The van der Waals surface area contributed by atoms with Crippen molar-refractivity contribution in [3.05, 3.63) is 28.8 Å². The highest BCUT2D eigenvalue weighted by Crippen LogP contribution is 2.31. The van der Waals surface area contributed by atoms with Crippen molar-refractivity contribution in [3.8, 4) is 5.75 Å². The van der Waals surface area contributed by atoms with Crippen molar-refractivity contribution >= 4 is 0 Å². The van der Waals surface area contributed by atoms with Gasteiger partial charge in [-0.05, 0) is 25.5 Å². The Hall–Kier alpha value is -1.10. The first-order chi connectivity index (χ1) is 7.51. The summed E-state index contributed by atoms with van der Waals surface area (Å²) in [6, 6.07) is 3.76. The van der Waals surface area contributed by atoms with Gasteiger partial charge in [0.05, 0.1) is 13.2 Å². The summed E-state index contributed by atoms with van der Waals surface area (Å²) in [4.78, 5) is 0. The summed E-state index contributed by atoms with van der Waals surface area (Å²) in [5.41, 5.74) is 7.85. The van der Waals surface area contributed by atoms with E-state index in [0.29, 0.717) is 11.3 Å². The number of rotatable bonds is 4. The highest BCUT2D eigenvalue weighted by molar-refractivity contribution is 5.45. The molecule has 2 atom stereocenters. The van der Waals surface area contributed by atoms with Gasteiger partial charge in [-0.3, -0.25) is 0 Å². The molecule has 1 aromatic carbocycles. The second-order valence-electron chi connectivity index (χ2n) is 3.95. The number of aryl methyl sites for hydroxylation is 2. The Morgan fingerprint density at radius 3 is 2.44 bits per heavy atom. The number of methoxy groups -OCH3 is 1. The SMILES string of the molecule is COc1c(C)cc(C)cc1C(O)C(O)CN. The number of ether oxygens (including phenoxy) is 1. The quantitative estimate of drug-likeness (QED) is 0.704. The molecule has 4 N–H and O–H groups in total. The van der Waals surface area contributed by atoms with Gasteiger partial charge in [-0.2, -0.15) is 0 Å². The summed E-state index contributed by atoms with van der Waals surface area (Å²) in [6.45, 7) is 3.84. The minimum absolute atomic E-state index is 0.0112. The van der Waals surface area contributed by atoms with Gasteiger partial charge >= 0.3 is 0 Å². The molecule has 0 fully saturated rings. The average Bonchev–Trinajstić information content (AvgIpc) is 2.26. The molecule has 4 heteroatoms. The average molecular weight is 225 g/mol. The Morgan fingerprint density at radius 2 is 1.94 bits per heavy atom. The van der Waals surface area contributed by atoms with Crippen molar-refractivity contribution in [3.63, 3.8) is 0 Å². The number of hydrogen-bond donors (Lipinski definition) is 3. The molecule has 0 aromatic heterocycles. The summed E-state index contributed by atoms with van der Waals surface area (Å²) >= 11 is 0. The lowest BCUT2D eigenvalue weighted by Crippen LogP contribution is -2.27. The van der Waals surface area contributed by atoms with Crippen molar-refractivity contribution in [2.24, 2.45) is 5.73 Å². The molecule has 1 aromatic rings. The largest absolute Gasteiger partial charge is 0.496 e. The van der Waals surface area contributed by atoms with Crippen LogP contribution >= 0.6 is 0 Å². The molecule has 0 heterocycles. The van der Waals surface area contributed by atoms with Gasteiger partial charge in [0.1, 0.15) is 11.9 Å². The minimum Gasteiger partial charge on any atom is -0.496 e. The summed E-state index contributed by atoms with van der Waals surface area (Å²) in [5.74, 6) is 0.602. The van der Waals surface area contributed by atoms with Gasteiger partial charge < -0.3 is 20.7 Å². The van der Waals surface area contributed by atoms with E-state index in [9.17, 15) is 10.2 Å². The molecule has 1 rings (SSSR count). The van der Waals surface area contributed by atoms with E-state index in [0.717, 1.165) is 11.1 Å². The first kappa shape index (κ1) is 13.0. The fourth-order valence-corrected chi connectivity index (χ4v) is 1.82. The maximum absolute atomic E-state index is 9.94. The Bertz CT molecular complexity index is 366. The van der Waals surface area contributed by atoms with Gasteiger partial charge in [0.25, 0.3) is 0 Å². The molecule has 0 saturated carbocycles. The zero-order chi connectivity index (χ0) is 12.3. The van der Waals surface area contributed by atoms with E-state index in [1.54, 1.807) is 13.2 Å². The Kier molecular flexibility index (Phi) is 4.29. The molecule has 16 heavy (non-hydrogen) atoms. The Balaban J connectivity index is 3.20. The summed E-state index contributed by atoms with van der Waals surface area (Å²) in [7, 11) is 1.54. The van der Waals surface area contributed by atoms with Crippen LogP contribution in [0.2, 0.25) is 0 Å². The van der Waals surface area contributed by atoms with E-state index >= 15 is 0 Å². The van der Waals surface area contributed by atoms with E-state index in [4.69, 9.17) is 10.5 Å². The molecular weight excluding hydrogens is 206 g/mol. The monoisotopic (exact) mass is 225 g/mol. The number of aliphatic hydroxyl groups excluding tert-OH is 2. The zero-order valence-corrected chi connectivity index (χ0v) is 9.90. The topological polar surface area (TPSA) is 75.7 Å². The van der Waals surface area contributed by atoms with Gasteiger partial charge in [-0.15, -0.1) is 0 Å². The third-order valence-corrected chi connectivity index (χ3v) is 2.58. The standard InChI is InChI=1S/C12H19NO3/c1-7-4-8(2)12(16-3)9(5-7)11(15)10(14)6-13/h4-5,10-11,14-15H,6,13H2,1-3H3. The van der Waals surface area contributed by atoms with E-state index in [1.165, 1.54) is 0 Å². The van der Waals surface area contributed by atoms with Gasteiger partial charge in [0.15, 0.2) is 0 Å². The Morgan fingerprint density at radius 1 is 1.31 bits per heavy atom. The number of aliphatic hydroxyl groups is 2. The predicted molar refractivity (Wildman–Crippen MR) is 62.5 cm³/mol. The molecule has 0 aliphatic rings. The van der Waals surface area contributed by atoms with Crippen LogP contribution in [-0.4, -0.2) is 30.0 Å². The molecule has 0 amide bonds. The minimum atomic E-state index is -1.02. The van der Waals surface area contributed by atoms with Crippen molar-refractivity contribution in [2.45, 2.75) is 26.1 Å². The number of hydrogen-bond acceptors (Lipinski definition) is 4. The van der Waals surface area contributed by atoms with Crippen molar-refractivity contribution in [2.75, 3.05) is 13.7 Å². The molecular formula is C12H19NO3. The smallest absolute Gasteiger partial charge is 0.127 e. The number of nitrogens with two attached hydrogens (primary N) is 1. The van der Waals surface area contributed by atoms with Crippen molar-refractivity contribution in [1.29, 1.82) is 0 Å². The first-order valence-electron chi connectivity index (χ1n) is 5.22. The third kappa shape index (κ3) is 2.52. The molecule has 2 unspecified atom stereocenters. The van der Waals surface area contributed by atoms with Gasteiger partial charge in [-0.25, -0.2) is 0 Å². The van der Waals surface area contributed by atoms with E-state index < -0.39 is 12.2 Å². The van der Waals surface area contributed by atoms with Crippen LogP contribution in [0.3, 0.4) is 0 Å². The maximum atomic E-state index is 9.94. The summed E-state index contributed by atoms with van der Waals surface area (Å²) < 4.78 is 5.23. The van der Waals surface area contributed by atoms with Crippen LogP contribution in [0.1, 0.15) is 22.8 Å². The molecule has 0 aliphatic carbocycles. The van der Waals surface area contributed by atoms with Crippen LogP contribution < -0.4 is 10.5 Å². The molecule has 0 bridgehead atoms. The molecule has 90 valence electrons. The van der Waals surface area contributed by atoms with Crippen LogP contribution in [0.4, 0.5) is 0 Å². The van der Waals surface area contributed by atoms with Crippen LogP contribution in [0.5, 0.6) is 5.75 Å². The van der Waals surface area contributed by atoms with Crippen LogP contribution in [0.25, 0.3) is 0 Å². The van der Waals surface area contributed by atoms with Crippen molar-refractivity contribution < 1.29 is 14.9 Å². The van der Waals surface area contributed by atoms with E-state index in [2.05, 4.69) is 0 Å². The van der Waals surface area contributed by atoms with Gasteiger partial charge in [0, 0.05) is 12.1 Å². The van der Waals surface area contributed by atoms with Crippen LogP contribution in [0, 0.1) is 13.8 Å². The third-order valence-electron chi connectivity index (χ3n) is 2.58. The van der Waals surface area contributed by atoms with E-state index in [1.807, 2.05) is 19.9 Å². The molecule has 4 nitrogen and oxygen atoms in total. The summed E-state index contributed by atoms with van der Waals surface area (Å²) in [6.07, 6.45) is -1.99. The van der Waals surface area contributed by atoms with Crippen LogP contribution in [-0.2, 0) is 0 Å². The molecule has 0 radical (unpaired) electrons. The highest BCUT2D eigenvalue weighted by atomic mass is 16.5. The summed E-state index contributed by atoms with van der Waals surface area (Å²) in [5, 5.41) is 19.5. The van der Waals surface area contributed by atoms with Crippen LogP contribution in [0.15, 0.2) is 12.1 Å². The highest BCUT2D eigenvalue weighted by Gasteiger charge is 2.21. The first-order valence-corrected chi connectivity index (χ1v) is 5.22. The second-order valence-corrected chi connectivity index (χ2v) is 3.95. The van der Waals surface area contributed by atoms with E-state index in [-0.39, 0.29) is 6.54 Å². The van der Waals surface area contributed by atoms with Gasteiger partial charge in [0.2, 0.25) is 0 Å². The fraction of sp³-hybridized carbons (Fsp3) is 0.500. The Labute approximate surface area is 95.7 Å². The predicted octanol–water partition coefficient (Wildman–Crippen LogP) is 0.665. The zero-order valence-electron chi connectivity index (χ0n) is 9.90. The van der Waals surface area contributed by atoms with Crippen molar-refractivity contribution in [1.82, 2.24) is 0 Å². The maximum Gasteiger partial charge on any atom is 0.127 e.